The van der Waals surface area contributed by atoms with Gasteiger partial charge in [0.1, 0.15) is 0 Å². The summed E-state index contributed by atoms with van der Waals surface area (Å²) in [6, 6.07) is 0.943. The molecule has 9 heteroatoms. The number of carbonyl (C=O) groups is 1. The van der Waals surface area contributed by atoms with E-state index >= 15 is 0 Å². The molecule has 0 spiro atoms. The summed E-state index contributed by atoms with van der Waals surface area (Å²) in [5.41, 5.74) is -1.74. The quantitative estimate of drug-likeness (QED) is 0.379. The van der Waals surface area contributed by atoms with Gasteiger partial charge in [0.15, 0.2) is 0 Å². The Kier molecular flexibility index (Phi) is 4.09. The molecule has 3 N–H and O–H groups in total. The third-order valence-corrected chi connectivity index (χ3v) is 2.17. The van der Waals surface area contributed by atoms with Crippen LogP contribution in [0.4, 0.5) is 26.3 Å². The number of hydrazine groups is 1. The van der Waals surface area contributed by atoms with Crippen molar-refractivity contribution in [1.29, 1.82) is 0 Å². The molecule has 1 aromatic carbocycles. The van der Waals surface area contributed by atoms with E-state index in [1.54, 1.807) is 5.43 Å². The first-order valence-electron chi connectivity index (χ1n) is 4.82. The number of nitrogens with one attached hydrogen (secondary N) is 1. The summed E-state index contributed by atoms with van der Waals surface area (Å²) in [4.78, 5) is 10.9. The van der Waals surface area contributed by atoms with Gasteiger partial charge in [-0.15, -0.1) is 0 Å². The zero-order valence-corrected chi connectivity index (χ0v) is 9.19. The van der Waals surface area contributed by atoms with Crippen LogP contribution in [-0.2, 0) is 23.6 Å². The second kappa shape index (κ2) is 5.08. The SMILES string of the molecule is NNC(=O)Cc1cc(C(F)(F)F)cc(C(F)(F)F)c1. The van der Waals surface area contributed by atoms with Crippen molar-refractivity contribution >= 4 is 5.91 Å². The molecule has 19 heavy (non-hydrogen) atoms. The summed E-state index contributed by atoms with van der Waals surface area (Å²) in [6.45, 7) is 0. The van der Waals surface area contributed by atoms with Crippen LogP contribution < -0.4 is 11.3 Å². The lowest BCUT2D eigenvalue weighted by Crippen LogP contribution is -2.31. The summed E-state index contributed by atoms with van der Waals surface area (Å²) in [6.07, 6.45) is -10.5. The normalized spacial score (nSPS) is 12.4. The summed E-state index contributed by atoms with van der Waals surface area (Å²) in [5, 5.41) is 0. The van der Waals surface area contributed by atoms with Crippen molar-refractivity contribution in [3.8, 4) is 0 Å². The number of benzene rings is 1. The number of hydrogen-bond acceptors (Lipinski definition) is 2. The van der Waals surface area contributed by atoms with Gasteiger partial charge in [-0.05, 0) is 23.8 Å². The topological polar surface area (TPSA) is 55.1 Å². The highest BCUT2D eigenvalue weighted by atomic mass is 19.4. The molecular formula is C10H8F6N2O. The Morgan fingerprint density at radius 1 is 1.00 bits per heavy atom. The van der Waals surface area contributed by atoms with Crippen LogP contribution in [0.25, 0.3) is 0 Å². The van der Waals surface area contributed by atoms with Gasteiger partial charge in [0, 0.05) is 0 Å². The second-order valence-electron chi connectivity index (χ2n) is 3.66. The van der Waals surface area contributed by atoms with Crippen LogP contribution in [0.15, 0.2) is 18.2 Å². The minimum atomic E-state index is -4.94. The fourth-order valence-electron chi connectivity index (χ4n) is 1.36. The lowest BCUT2D eigenvalue weighted by Gasteiger charge is -2.13. The first kappa shape index (κ1) is 15.3. The smallest absolute Gasteiger partial charge is 0.294 e. The van der Waals surface area contributed by atoms with Crippen molar-refractivity contribution in [3.63, 3.8) is 0 Å². The number of rotatable bonds is 2. The van der Waals surface area contributed by atoms with E-state index in [1.807, 2.05) is 0 Å². The summed E-state index contributed by atoms with van der Waals surface area (Å²) < 4.78 is 74.8. The lowest BCUT2D eigenvalue weighted by atomic mass is 10.0. The van der Waals surface area contributed by atoms with E-state index in [0.717, 1.165) is 0 Å². The van der Waals surface area contributed by atoms with Gasteiger partial charge in [0.2, 0.25) is 5.91 Å². The number of nitrogens with two attached hydrogens (primary N) is 1. The Bertz CT molecular complexity index is 448. The van der Waals surface area contributed by atoms with Crippen molar-refractivity contribution in [1.82, 2.24) is 5.43 Å². The van der Waals surface area contributed by atoms with Gasteiger partial charge < -0.3 is 0 Å². The van der Waals surface area contributed by atoms with E-state index < -0.39 is 41.4 Å². The summed E-state index contributed by atoms with van der Waals surface area (Å²) >= 11 is 0. The molecule has 0 saturated carbocycles. The van der Waals surface area contributed by atoms with E-state index in [-0.39, 0.29) is 6.07 Å². The summed E-state index contributed by atoms with van der Waals surface area (Å²) in [5.74, 6) is 3.83. The minimum Gasteiger partial charge on any atom is -0.294 e. The first-order valence-corrected chi connectivity index (χ1v) is 4.82. The van der Waals surface area contributed by atoms with Crippen molar-refractivity contribution in [2.24, 2.45) is 5.84 Å². The average Bonchev–Trinajstić information content (AvgIpc) is 2.26. The second-order valence-corrected chi connectivity index (χ2v) is 3.66. The predicted molar refractivity (Wildman–Crippen MR) is 52.5 cm³/mol. The molecule has 106 valence electrons. The molecule has 0 heterocycles. The molecule has 1 aromatic rings. The number of amides is 1. The van der Waals surface area contributed by atoms with Crippen molar-refractivity contribution in [2.75, 3.05) is 0 Å². The van der Waals surface area contributed by atoms with Gasteiger partial charge in [-0.1, -0.05) is 0 Å². The predicted octanol–water partition coefficient (Wildman–Crippen LogP) is 2.26. The monoisotopic (exact) mass is 286 g/mol. The Morgan fingerprint density at radius 2 is 1.42 bits per heavy atom. The fraction of sp³-hybridized carbons (Fsp3) is 0.300. The van der Waals surface area contributed by atoms with Crippen LogP contribution in [-0.4, -0.2) is 5.91 Å². The van der Waals surface area contributed by atoms with E-state index in [1.165, 1.54) is 0 Å². The molecule has 0 radical (unpaired) electrons. The fourth-order valence-corrected chi connectivity index (χ4v) is 1.36. The lowest BCUT2D eigenvalue weighted by molar-refractivity contribution is -0.143. The van der Waals surface area contributed by atoms with Crippen LogP contribution in [0, 0.1) is 0 Å². The van der Waals surface area contributed by atoms with Gasteiger partial charge in [-0.2, -0.15) is 26.3 Å². The minimum absolute atomic E-state index is 0.0101. The van der Waals surface area contributed by atoms with Gasteiger partial charge >= 0.3 is 12.4 Å². The van der Waals surface area contributed by atoms with E-state index in [4.69, 9.17) is 5.84 Å². The summed E-state index contributed by atoms with van der Waals surface area (Å²) in [7, 11) is 0. The molecule has 0 unspecified atom stereocenters. The molecule has 3 nitrogen and oxygen atoms in total. The molecule has 0 aliphatic rings. The molecule has 0 aromatic heterocycles. The number of carbonyl (C=O) groups excluding carboxylic acids is 1. The molecule has 0 aliphatic carbocycles. The van der Waals surface area contributed by atoms with E-state index in [9.17, 15) is 31.1 Å². The van der Waals surface area contributed by atoms with Gasteiger partial charge in [0.05, 0.1) is 17.5 Å². The molecule has 1 amide bonds. The third-order valence-electron chi connectivity index (χ3n) is 2.17. The van der Waals surface area contributed by atoms with E-state index in [2.05, 4.69) is 0 Å². The standard InChI is InChI=1S/C10H8F6N2O/c11-9(12,13)6-1-5(3-8(19)18-17)2-7(4-6)10(14,15)16/h1-2,4H,3,17H2,(H,18,19). The zero-order valence-electron chi connectivity index (χ0n) is 9.19. The average molecular weight is 286 g/mol. The van der Waals surface area contributed by atoms with Gasteiger partial charge in [-0.3, -0.25) is 10.2 Å². The molecule has 0 fully saturated rings. The van der Waals surface area contributed by atoms with Crippen LogP contribution >= 0.6 is 0 Å². The Hall–Kier alpha value is -1.77. The number of hydrogen-bond donors (Lipinski definition) is 2. The maximum atomic E-state index is 12.5. The highest BCUT2D eigenvalue weighted by Gasteiger charge is 2.36. The van der Waals surface area contributed by atoms with Crippen molar-refractivity contribution < 1.29 is 31.1 Å². The molecule has 0 saturated heterocycles. The number of alkyl halides is 6. The largest absolute Gasteiger partial charge is 0.416 e. The molecular weight excluding hydrogens is 278 g/mol. The Morgan fingerprint density at radius 3 is 1.74 bits per heavy atom. The Labute approximate surface area is 103 Å². The number of halogens is 6. The highest BCUT2D eigenvalue weighted by molar-refractivity contribution is 5.78. The van der Waals surface area contributed by atoms with Crippen LogP contribution in [0.2, 0.25) is 0 Å². The zero-order chi connectivity index (χ0) is 14.8. The van der Waals surface area contributed by atoms with E-state index in [0.29, 0.717) is 12.1 Å². The van der Waals surface area contributed by atoms with Crippen molar-refractivity contribution in [2.45, 2.75) is 18.8 Å². The maximum absolute atomic E-state index is 12.5. The van der Waals surface area contributed by atoms with Gasteiger partial charge in [-0.25, -0.2) is 5.84 Å². The molecule has 0 atom stereocenters. The van der Waals surface area contributed by atoms with Crippen LogP contribution in [0.1, 0.15) is 16.7 Å². The van der Waals surface area contributed by atoms with Crippen LogP contribution in [0.3, 0.4) is 0 Å². The highest BCUT2D eigenvalue weighted by Crippen LogP contribution is 2.36. The first-order chi connectivity index (χ1) is 8.54. The maximum Gasteiger partial charge on any atom is 0.416 e. The third kappa shape index (κ3) is 4.12. The van der Waals surface area contributed by atoms with Gasteiger partial charge in [0.25, 0.3) is 0 Å². The molecule has 0 bridgehead atoms. The van der Waals surface area contributed by atoms with Crippen LogP contribution in [0.5, 0.6) is 0 Å². The Balaban J connectivity index is 3.29. The molecule has 0 aliphatic heterocycles. The molecule has 1 rings (SSSR count). The van der Waals surface area contributed by atoms with Crippen molar-refractivity contribution in [3.05, 3.63) is 34.9 Å².